The van der Waals surface area contributed by atoms with Crippen LogP contribution in [0.5, 0.6) is 0 Å². The van der Waals surface area contributed by atoms with Crippen molar-refractivity contribution < 1.29 is 18.0 Å². The van der Waals surface area contributed by atoms with Gasteiger partial charge < -0.3 is 15.5 Å². The molecular weight excluding hydrogens is 547 g/mol. The Labute approximate surface area is 225 Å². The van der Waals surface area contributed by atoms with E-state index >= 15 is 0 Å². The summed E-state index contributed by atoms with van der Waals surface area (Å²) in [5, 5.41) is 0.779. The van der Waals surface area contributed by atoms with Crippen LogP contribution in [-0.2, 0) is 26.0 Å². The number of fused-ring (bicyclic) bond motifs is 1. The predicted molar refractivity (Wildman–Crippen MR) is 139 cm³/mol. The molecule has 2 saturated heterocycles. The van der Waals surface area contributed by atoms with Crippen molar-refractivity contribution in [2.24, 2.45) is 5.73 Å². The van der Waals surface area contributed by atoms with Crippen LogP contribution in [0.25, 0.3) is 0 Å². The molecule has 2 aromatic rings. The minimum absolute atomic E-state index is 0.000122. The Kier molecular flexibility index (Phi) is 7.38. The second kappa shape index (κ2) is 9.78. The van der Waals surface area contributed by atoms with Crippen molar-refractivity contribution in [2.45, 2.75) is 55.9 Å². The molecule has 8 nitrogen and oxygen atoms in total. The molecule has 2 amide bonds. The molecule has 0 radical (unpaired) electrons. The van der Waals surface area contributed by atoms with Gasteiger partial charge in [0.1, 0.15) is 22.6 Å². The van der Waals surface area contributed by atoms with Crippen molar-refractivity contribution in [2.75, 3.05) is 13.1 Å². The van der Waals surface area contributed by atoms with E-state index in [1.54, 1.807) is 29.2 Å². The first-order valence-corrected chi connectivity index (χ1v) is 13.9. The van der Waals surface area contributed by atoms with Gasteiger partial charge in [0.2, 0.25) is 21.8 Å². The molecule has 0 bridgehead atoms. The Balaban J connectivity index is 1.84. The smallest absolute Gasteiger partial charge is 0.246 e. The van der Waals surface area contributed by atoms with E-state index in [1.165, 1.54) is 34.3 Å². The maximum Gasteiger partial charge on any atom is 0.246 e. The maximum atomic E-state index is 13.9. The van der Waals surface area contributed by atoms with E-state index in [1.807, 2.05) is 13.8 Å². The van der Waals surface area contributed by atoms with E-state index in [0.29, 0.717) is 5.02 Å². The predicted octanol–water partition coefficient (Wildman–Crippen LogP) is 3.39. The van der Waals surface area contributed by atoms with Gasteiger partial charge in [0.05, 0.1) is 11.6 Å². The zero-order valence-electron chi connectivity index (χ0n) is 20.0. The Morgan fingerprint density at radius 3 is 2.25 bits per heavy atom. The molecule has 3 unspecified atom stereocenters. The summed E-state index contributed by atoms with van der Waals surface area (Å²) in [7, 11) is -4.23. The standard InChI is InChI=1S/C24H27Cl3N4O4S/c1-14(2)29-12-21-30(36(34,35)20-9-8-17(26)11-18(20)27)13-24(3,28)23(33)31(21)19(22(29)32)10-15-4-6-16(25)7-5-15/h4-9,11,14,19,21H,10,12-13,28H2,1-3H3. The molecule has 2 fully saturated rings. The number of carbonyl (C=O) groups excluding carboxylic acids is 2. The summed E-state index contributed by atoms with van der Waals surface area (Å²) in [6.45, 7) is 4.89. The van der Waals surface area contributed by atoms with E-state index < -0.39 is 33.7 Å². The third kappa shape index (κ3) is 4.85. The molecule has 4 rings (SSSR count). The van der Waals surface area contributed by atoms with Crippen molar-refractivity contribution in [3.8, 4) is 0 Å². The lowest BCUT2D eigenvalue weighted by Gasteiger charge is -2.55. The lowest BCUT2D eigenvalue weighted by Crippen LogP contribution is -2.78. The number of hydrogen-bond acceptors (Lipinski definition) is 5. The number of benzene rings is 2. The number of nitrogens with zero attached hydrogens (tertiary/aromatic N) is 3. The molecule has 2 aliphatic rings. The number of carbonyl (C=O) groups is 2. The number of sulfonamides is 1. The molecule has 2 aromatic carbocycles. The summed E-state index contributed by atoms with van der Waals surface area (Å²) < 4.78 is 29.0. The van der Waals surface area contributed by atoms with Crippen molar-refractivity contribution in [3.05, 3.63) is 63.1 Å². The highest BCUT2D eigenvalue weighted by atomic mass is 35.5. The fourth-order valence-corrected chi connectivity index (χ4v) is 7.27. The minimum atomic E-state index is -4.23. The van der Waals surface area contributed by atoms with Gasteiger partial charge in [-0.1, -0.05) is 46.9 Å². The summed E-state index contributed by atoms with van der Waals surface area (Å²) in [5.41, 5.74) is 5.58. The lowest BCUT2D eigenvalue weighted by molar-refractivity contribution is -0.171. The van der Waals surface area contributed by atoms with Gasteiger partial charge in [-0.2, -0.15) is 4.31 Å². The monoisotopic (exact) mass is 572 g/mol. The lowest BCUT2D eigenvalue weighted by atomic mass is 9.91. The number of amides is 2. The van der Waals surface area contributed by atoms with Crippen LogP contribution in [0.3, 0.4) is 0 Å². The average molecular weight is 574 g/mol. The highest BCUT2D eigenvalue weighted by Crippen LogP contribution is 2.36. The number of rotatable bonds is 5. The second-order valence-corrected chi connectivity index (χ2v) is 12.8. The summed E-state index contributed by atoms with van der Waals surface area (Å²) in [5.74, 6) is -0.763. The van der Waals surface area contributed by atoms with Gasteiger partial charge in [-0.05, 0) is 56.7 Å². The van der Waals surface area contributed by atoms with Crippen LogP contribution in [-0.4, -0.2) is 71.2 Å². The highest BCUT2D eigenvalue weighted by molar-refractivity contribution is 7.89. The van der Waals surface area contributed by atoms with Crippen LogP contribution in [0.4, 0.5) is 0 Å². The normalized spacial score (nSPS) is 25.4. The van der Waals surface area contributed by atoms with Crippen LogP contribution >= 0.6 is 34.8 Å². The number of nitrogens with two attached hydrogens (primary N) is 1. The van der Waals surface area contributed by atoms with Gasteiger partial charge in [-0.15, -0.1) is 0 Å². The largest absolute Gasteiger partial charge is 0.335 e. The molecule has 12 heteroatoms. The molecule has 0 aliphatic carbocycles. The molecule has 0 aromatic heterocycles. The SMILES string of the molecule is CC(C)N1CC2N(C(=O)C(C)(N)CN2S(=O)(=O)c2ccc(Cl)cc2Cl)C(Cc2ccc(Cl)cc2)C1=O. The van der Waals surface area contributed by atoms with E-state index in [-0.39, 0.29) is 46.4 Å². The highest BCUT2D eigenvalue weighted by Gasteiger charge is 2.56. The molecule has 3 atom stereocenters. The Bertz CT molecular complexity index is 1300. The molecule has 2 heterocycles. The molecule has 0 saturated carbocycles. The summed E-state index contributed by atoms with van der Waals surface area (Å²) >= 11 is 18.3. The van der Waals surface area contributed by atoms with E-state index in [2.05, 4.69) is 0 Å². The molecule has 36 heavy (non-hydrogen) atoms. The van der Waals surface area contributed by atoms with Crippen LogP contribution in [0, 0.1) is 0 Å². The van der Waals surface area contributed by atoms with Crippen LogP contribution in [0.15, 0.2) is 47.4 Å². The van der Waals surface area contributed by atoms with Crippen molar-refractivity contribution >= 4 is 56.6 Å². The van der Waals surface area contributed by atoms with Gasteiger partial charge in [-0.25, -0.2) is 8.42 Å². The number of halogens is 3. The molecule has 194 valence electrons. The van der Waals surface area contributed by atoms with Gasteiger partial charge in [-0.3, -0.25) is 9.59 Å². The molecule has 2 N–H and O–H groups in total. The zero-order chi connectivity index (χ0) is 26.6. The third-order valence-electron chi connectivity index (χ3n) is 6.57. The number of piperazine rings is 1. The topological polar surface area (TPSA) is 104 Å². The third-order valence-corrected chi connectivity index (χ3v) is 9.38. The maximum absolute atomic E-state index is 13.9. The molecule has 2 aliphatic heterocycles. The fourth-order valence-electron chi connectivity index (χ4n) is 4.72. The Hall–Kier alpha value is -1.88. The first kappa shape index (κ1) is 27.2. The summed E-state index contributed by atoms with van der Waals surface area (Å²) in [6.07, 6.45) is -0.795. The quantitative estimate of drug-likeness (QED) is 0.591. The number of hydrogen-bond donors (Lipinski definition) is 1. The molecular formula is C24H27Cl3N4O4S. The van der Waals surface area contributed by atoms with Crippen molar-refractivity contribution in [1.29, 1.82) is 0 Å². The van der Waals surface area contributed by atoms with Crippen LogP contribution in [0.1, 0.15) is 26.3 Å². The molecule has 0 spiro atoms. The first-order chi connectivity index (χ1) is 16.7. The first-order valence-electron chi connectivity index (χ1n) is 11.4. The van der Waals surface area contributed by atoms with Gasteiger partial charge in [0.15, 0.2) is 0 Å². The average Bonchev–Trinajstić information content (AvgIpc) is 2.78. The van der Waals surface area contributed by atoms with E-state index in [0.717, 1.165) is 5.56 Å². The van der Waals surface area contributed by atoms with Crippen LogP contribution in [0.2, 0.25) is 15.1 Å². The van der Waals surface area contributed by atoms with E-state index in [9.17, 15) is 18.0 Å². The van der Waals surface area contributed by atoms with Crippen LogP contribution < -0.4 is 5.73 Å². The van der Waals surface area contributed by atoms with Gasteiger partial charge >= 0.3 is 0 Å². The van der Waals surface area contributed by atoms with E-state index in [4.69, 9.17) is 40.5 Å². The summed E-state index contributed by atoms with van der Waals surface area (Å²) in [4.78, 5) is 30.0. The minimum Gasteiger partial charge on any atom is -0.335 e. The van der Waals surface area contributed by atoms with Crippen molar-refractivity contribution in [1.82, 2.24) is 14.1 Å². The van der Waals surface area contributed by atoms with Gasteiger partial charge in [0, 0.05) is 29.1 Å². The zero-order valence-corrected chi connectivity index (χ0v) is 23.1. The summed E-state index contributed by atoms with van der Waals surface area (Å²) in [6, 6.07) is 9.88. The Morgan fingerprint density at radius 2 is 1.67 bits per heavy atom. The van der Waals surface area contributed by atoms with Gasteiger partial charge in [0.25, 0.3) is 0 Å². The Morgan fingerprint density at radius 1 is 1.06 bits per heavy atom. The fraction of sp³-hybridized carbons (Fsp3) is 0.417. The van der Waals surface area contributed by atoms with Crippen molar-refractivity contribution in [3.63, 3.8) is 0 Å². The second-order valence-electron chi connectivity index (χ2n) is 9.67.